The van der Waals surface area contributed by atoms with Gasteiger partial charge >= 0.3 is 0 Å². The van der Waals surface area contributed by atoms with Crippen LogP contribution in [0.4, 0.5) is 0 Å². The number of aryl methyl sites for hydroxylation is 1. The zero-order valence-corrected chi connectivity index (χ0v) is 10.3. The van der Waals surface area contributed by atoms with E-state index in [9.17, 15) is 8.42 Å². The quantitative estimate of drug-likeness (QED) is 0.756. The summed E-state index contributed by atoms with van der Waals surface area (Å²) in [5.41, 5.74) is 0. The number of rotatable bonds is 6. The fraction of sp³-hybridized carbons (Fsp3) is 0.667. The molecule has 1 heterocycles. The minimum Gasteiger partial charge on any atom is -0.395 e. The fourth-order valence-corrected chi connectivity index (χ4v) is 3.08. The third-order valence-electron chi connectivity index (χ3n) is 2.20. The molecule has 0 saturated carbocycles. The van der Waals surface area contributed by atoms with Crippen molar-refractivity contribution in [2.75, 3.05) is 19.7 Å². The average molecular weight is 247 g/mol. The molecule has 1 aromatic heterocycles. The van der Waals surface area contributed by atoms with Crippen LogP contribution in [0.1, 0.15) is 13.3 Å². The minimum absolute atomic E-state index is 0.112. The highest BCUT2D eigenvalue weighted by molar-refractivity contribution is 7.89. The molecule has 0 unspecified atom stereocenters. The van der Waals surface area contributed by atoms with Crippen LogP contribution >= 0.6 is 0 Å². The Bertz CT molecular complexity index is 421. The molecule has 92 valence electrons. The third-order valence-corrected chi connectivity index (χ3v) is 4.18. The molecule has 1 rings (SSSR count). The van der Waals surface area contributed by atoms with E-state index in [0.29, 0.717) is 13.0 Å². The van der Waals surface area contributed by atoms with Gasteiger partial charge in [-0.05, 0) is 12.5 Å². The summed E-state index contributed by atoms with van der Waals surface area (Å²) in [4.78, 5) is 0. The standard InChI is InChI=1S/C9H17N3O3S/c1-3-6-12(7-8-13)16(14,15)9-4-5-10-11(9)2/h4-5,13H,3,6-8H2,1-2H3. The summed E-state index contributed by atoms with van der Waals surface area (Å²) in [7, 11) is -1.96. The Hall–Kier alpha value is -0.920. The monoisotopic (exact) mass is 247 g/mol. The summed E-state index contributed by atoms with van der Waals surface area (Å²) in [5, 5.41) is 12.8. The molecule has 0 fully saturated rings. The summed E-state index contributed by atoms with van der Waals surface area (Å²) < 4.78 is 26.9. The minimum atomic E-state index is -3.54. The van der Waals surface area contributed by atoms with Crippen molar-refractivity contribution in [1.29, 1.82) is 0 Å². The maximum atomic E-state index is 12.1. The first-order valence-electron chi connectivity index (χ1n) is 5.13. The Labute approximate surface area is 95.5 Å². The van der Waals surface area contributed by atoms with Crippen LogP contribution in [0.2, 0.25) is 0 Å². The first-order chi connectivity index (χ1) is 7.54. The molecule has 0 atom stereocenters. The van der Waals surface area contributed by atoms with Gasteiger partial charge in [-0.15, -0.1) is 0 Å². The van der Waals surface area contributed by atoms with E-state index in [0.717, 1.165) is 0 Å². The van der Waals surface area contributed by atoms with E-state index in [1.807, 2.05) is 6.92 Å². The van der Waals surface area contributed by atoms with E-state index in [1.165, 1.54) is 21.3 Å². The van der Waals surface area contributed by atoms with Crippen molar-refractivity contribution in [3.05, 3.63) is 12.3 Å². The number of hydrogen-bond acceptors (Lipinski definition) is 4. The van der Waals surface area contributed by atoms with Crippen LogP contribution in [-0.2, 0) is 17.1 Å². The van der Waals surface area contributed by atoms with Crippen molar-refractivity contribution in [2.45, 2.75) is 18.4 Å². The number of sulfonamides is 1. The molecular formula is C9H17N3O3S. The second kappa shape index (κ2) is 5.42. The van der Waals surface area contributed by atoms with E-state index in [-0.39, 0.29) is 18.2 Å². The second-order valence-corrected chi connectivity index (χ2v) is 5.31. The van der Waals surface area contributed by atoms with E-state index in [4.69, 9.17) is 5.11 Å². The molecule has 0 saturated heterocycles. The van der Waals surface area contributed by atoms with Gasteiger partial charge in [-0.2, -0.15) is 9.40 Å². The maximum Gasteiger partial charge on any atom is 0.260 e. The van der Waals surface area contributed by atoms with Crippen LogP contribution in [0.15, 0.2) is 17.3 Å². The van der Waals surface area contributed by atoms with Crippen molar-refractivity contribution in [3.8, 4) is 0 Å². The predicted molar refractivity (Wildman–Crippen MR) is 59.3 cm³/mol. The van der Waals surface area contributed by atoms with Crippen molar-refractivity contribution < 1.29 is 13.5 Å². The van der Waals surface area contributed by atoms with E-state index < -0.39 is 10.0 Å². The summed E-state index contributed by atoms with van der Waals surface area (Å²) in [6, 6.07) is 1.45. The Morgan fingerprint density at radius 3 is 2.62 bits per heavy atom. The van der Waals surface area contributed by atoms with Gasteiger partial charge in [0.1, 0.15) is 0 Å². The van der Waals surface area contributed by atoms with Gasteiger partial charge in [0.15, 0.2) is 5.03 Å². The smallest absolute Gasteiger partial charge is 0.260 e. The number of aromatic nitrogens is 2. The lowest BCUT2D eigenvalue weighted by atomic mass is 10.5. The molecular weight excluding hydrogens is 230 g/mol. The molecule has 1 aromatic rings. The molecule has 0 spiro atoms. The number of aliphatic hydroxyl groups is 1. The molecule has 0 aromatic carbocycles. The van der Waals surface area contributed by atoms with Gasteiger partial charge in [-0.1, -0.05) is 6.92 Å². The first kappa shape index (κ1) is 13.1. The van der Waals surface area contributed by atoms with Gasteiger partial charge in [0.25, 0.3) is 10.0 Å². The Morgan fingerprint density at radius 2 is 2.19 bits per heavy atom. The van der Waals surface area contributed by atoms with Gasteiger partial charge in [0, 0.05) is 20.1 Å². The SMILES string of the molecule is CCCN(CCO)S(=O)(=O)c1ccnn1C. The zero-order valence-electron chi connectivity index (χ0n) is 9.50. The topological polar surface area (TPSA) is 75.4 Å². The van der Waals surface area contributed by atoms with E-state index in [1.54, 1.807) is 7.05 Å². The molecule has 0 aliphatic heterocycles. The number of hydrogen-bond donors (Lipinski definition) is 1. The zero-order chi connectivity index (χ0) is 12.2. The lowest BCUT2D eigenvalue weighted by Gasteiger charge is -2.20. The van der Waals surface area contributed by atoms with Crippen LogP contribution in [0.25, 0.3) is 0 Å². The molecule has 16 heavy (non-hydrogen) atoms. The molecule has 0 aliphatic carbocycles. The van der Waals surface area contributed by atoms with Gasteiger partial charge in [-0.3, -0.25) is 4.68 Å². The highest BCUT2D eigenvalue weighted by Gasteiger charge is 2.25. The molecule has 1 N–H and O–H groups in total. The van der Waals surface area contributed by atoms with Crippen LogP contribution in [0.5, 0.6) is 0 Å². The highest BCUT2D eigenvalue weighted by atomic mass is 32.2. The summed E-state index contributed by atoms with van der Waals surface area (Å²) in [6.07, 6.45) is 2.15. The summed E-state index contributed by atoms with van der Waals surface area (Å²) in [5.74, 6) is 0. The third kappa shape index (κ3) is 2.60. The largest absolute Gasteiger partial charge is 0.395 e. The van der Waals surface area contributed by atoms with E-state index in [2.05, 4.69) is 5.10 Å². The van der Waals surface area contributed by atoms with Gasteiger partial charge in [0.05, 0.1) is 12.8 Å². The lowest BCUT2D eigenvalue weighted by Crippen LogP contribution is -2.35. The molecule has 0 amide bonds. The lowest BCUT2D eigenvalue weighted by molar-refractivity contribution is 0.253. The average Bonchev–Trinajstić information content (AvgIpc) is 2.65. The first-order valence-corrected chi connectivity index (χ1v) is 6.57. The molecule has 0 aliphatic rings. The predicted octanol–water partition coefficient (Wildman–Crippen LogP) is -0.187. The normalized spacial score (nSPS) is 12.2. The van der Waals surface area contributed by atoms with Crippen LogP contribution < -0.4 is 0 Å². The van der Waals surface area contributed by atoms with Crippen molar-refractivity contribution in [1.82, 2.24) is 14.1 Å². The Kier molecular flexibility index (Phi) is 4.45. The Morgan fingerprint density at radius 1 is 1.50 bits per heavy atom. The number of aliphatic hydroxyl groups excluding tert-OH is 1. The molecule has 6 nitrogen and oxygen atoms in total. The van der Waals surface area contributed by atoms with Crippen molar-refractivity contribution in [2.24, 2.45) is 7.05 Å². The van der Waals surface area contributed by atoms with Gasteiger partial charge in [0.2, 0.25) is 0 Å². The summed E-state index contributed by atoms with van der Waals surface area (Å²) >= 11 is 0. The van der Waals surface area contributed by atoms with Crippen molar-refractivity contribution >= 4 is 10.0 Å². The van der Waals surface area contributed by atoms with Crippen molar-refractivity contribution in [3.63, 3.8) is 0 Å². The Balaban J connectivity index is 3.03. The fourth-order valence-electron chi connectivity index (χ4n) is 1.46. The van der Waals surface area contributed by atoms with Crippen LogP contribution in [0.3, 0.4) is 0 Å². The molecule has 0 radical (unpaired) electrons. The highest BCUT2D eigenvalue weighted by Crippen LogP contribution is 2.14. The van der Waals surface area contributed by atoms with Crippen LogP contribution in [0, 0.1) is 0 Å². The molecule has 0 bridgehead atoms. The van der Waals surface area contributed by atoms with Gasteiger partial charge < -0.3 is 5.11 Å². The molecule has 7 heteroatoms. The van der Waals surface area contributed by atoms with Gasteiger partial charge in [-0.25, -0.2) is 8.42 Å². The summed E-state index contributed by atoms with van der Waals surface area (Å²) in [6.45, 7) is 2.22. The van der Waals surface area contributed by atoms with E-state index >= 15 is 0 Å². The second-order valence-electron chi connectivity index (χ2n) is 3.42. The number of nitrogens with zero attached hydrogens (tertiary/aromatic N) is 3. The maximum absolute atomic E-state index is 12.1. The van der Waals surface area contributed by atoms with Crippen LogP contribution in [-0.4, -0.2) is 47.3 Å².